The molecule has 0 aliphatic carbocycles. The third-order valence-electron chi connectivity index (χ3n) is 5.45. The predicted octanol–water partition coefficient (Wildman–Crippen LogP) is 5.49. The number of para-hydroxylation sites is 2. The van der Waals surface area contributed by atoms with Gasteiger partial charge in [0.2, 0.25) is 0 Å². The maximum absolute atomic E-state index is 13.3. The zero-order valence-corrected chi connectivity index (χ0v) is 18.9. The average Bonchev–Trinajstić information content (AvgIpc) is 3.16. The fourth-order valence-corrected chi connectivity index (χ4v) is 3.79. The van der Waals surface area contributed by atoms with Crippen LogP contribution in [0, 0.1) is 0 Å². The summed E-state index contributed by atoms with van der Waals surface area (Å²) in [5.74, 6) is 0.943. The van der Waals surface area contributed by atoms with Crippen molar-refractivity contribution in [3.8, 4) is 11.5 Å². The van der Waals surface area contributed by atoms with Gasteiger partial charge in [0, 0.05) is 17.4 Å². The van der Waals surface area contributed by atoms with E-state index in [0.29, 0.717) is 28.6 Å². The normalized spacial score (nSPS) is 13.5. The highest BCUT2D eigenvalue weighted by Gasteiger charge is 2.37. The molecule has 2 amide bonds. The lowest BCUT2D eigenvalue weighted by molar-refractivity contribution is -0.119. The van der Waals surface area contributed by atoms with Crippen molar-refractivity contribution in [3.63, 3.8) is 0 Å². The largest absolute Gasteiger partial charge is 0.498 e. The Labute approximate surface area is 193 Å². The summed E-state index contributed by atoms with van der Waals surface area (Å²) >= 11 is 0. The quantitative estimate of drug-likeness (QED) is 0.492. The van der Waals surface area contributed by atoms with Crippen molar-refractivity contribution in [2.45, 2.75) is 19.8 Å². The molecule has 1 N–H and O–H groups in total. The summed E-state index contributed by atoms with van der Waals surface area (Å²) < 4.78 is 11.3. The molecule has 168 valence electrons. The van der Waals surface area contributed by atoms with Gasteiger partial charge in [-0.2, -0.15) is 0 Å². The second-order valence-electron chi connectivity index (χ2n) is 8.00. The van der Waals surface area contributed by atoms with Gasteiger partial charge in [0.25, 0.3) is 11.8 Å². The lowest BCUT2D eigenvalue weighted by Gasteiger charge is -2.18. The minimum absolute atomic E-state index is 0.00504. The topological polar surface area (TPSA) is 67.9 Å². The Morgan fingerprint density at radius 2 is 1.64 bits per heavy atom. The monoisotopic (exact) mass is 442 g/mol. The molecule has 0 spiro atoms. The van der Waals surface area contributed by atoms with Crippen LogP contribution in [0.25, 0.3) is 0 Å². The van der Waals surface area contributed by atoms with Gasteiger partial charge in [0.05, 0.1) is 13.7 Å². The fourth-order valence-electron chi connectivity index (χ4n) is 3.79. The molecule has 0 fully saturated rings. The molecular weight excluding hydrogens is 416 g/mol. The van der Waals surface area contributed by atoms with Crippen LogP contribution in [-0.2, 0) is 14.3 Å². The molecule has 1 heterocycles. The van der Waals surface area contributed by atoms with Crippen LogP contribution in [0.1, 0.15) is 25.3 Å². The summed E-state index contributed by atoms with van der Waals surface area (Å²) in [6, 6.07) is 24.2. The third kappa shape index (κ3) is 4.75. The Kier molecular flexibility index (Phi) is 6.45. The second kappa shape index (κ2) is 9.61. The number of rotatable bonds is 7. The summed E-state index contributed by atoms with van der Waals surface area (Å²) in [5, 5.41) is 2.90. The first-order chi connectivity index (χ1) is 16.0. The number of nitrogens with zero attached hydrogens (tertiary/aromatic N) is 1. The van der Waals surface area contributed by atoms with Gasteiger partial charge in [-0.25, -0.2) is 0 Å². The highest BCUT2D eigenvalue weighted by molar-refractivity contribution is 6.29. The van der Waals surface area contributed by atoms with Crippen LogP contribution in [0.2, 0.25) is 0 Å². The van der Waals surface area contributed by atoms with Crippen molar-refractivity contribution in [2.75, 3.05) is 23.9 Å². The van der Waals surface area contributed by atoms with Gasteiger partial charge in [0.15, 0.2) is 0 Å². The number of amides is 2. The molecular formula is C27H26N2O4. The van der Waals surface area contributed by atoms with Crippen LogP contribution >= 0.6 is 0 Å². The first kappa shape index (κ1) is 22.1. The Bertz CT molecular complexity index is 1200. The molecule has 0 saturated carbocycles. The van der Waals surface area contributed by atoms with E-state index in [4.69, 9.17) is 9.47 Å². The van der Waals surface area contributed by atoms with Crippen LogP contribution in [0.15, 0.2) is 90.2 Å². The van der Waals surface area contributed by atoms with Gasteiger partial charge < -0.3 is 19.7 Å². The summed E-state index contributed by atoms with van der Waals surface area (Å²) in [6.07, 6.45) is 0. The van der Waals surface area contributed by atoms with Gasteiger partial charge in [-0.3, -0.25) is 9.59 Å². The molecule has 3 aromatic rings. The maximum atomic E-state index is 13.3. The van der Waals surface area contributed by atoms with Crippen LogP contribution in [0.5, 0.6) is 11.5 Å². The molecule has 0 saturated heterocycles. The van der Waals surface area contributed by atoms with Gasteiger partial charge in [0.1, 0.15) is 22.8 Å². The highest BCUT2D eigenvalue weighted by Crippen LogP contribution is 2.32. The van der Waals surface area contributed by atoms with E-state index in [1.165, 1.54) is 12.0 Å². The van der Waals surface area contributed by atoms with E-state index in [-0.39, 0.29) is 18.0 Å². The molecule has 0 radical (unpaired) electrons. The summed E-state index contributed by atoms with van der Waals surface area (Å²) in [7, 11) is 1.47. The number of anilines is 2. The zero-order valence-electron chi connectivity index (χ0n) is 18.9. The highest BCUT2D eigenvalue weighted by atomic mass is 16.5. The molecule has 0 bridgehead atoms. The average molecular weight is 443 g/mol. The summed E-state index contributed by atoms with van der Waals surface area (Å²) in [6.45, 7) is 4.27. The molecule has 6 nitrogen and oxygen atoms in total. The minimum Gasteiger partial charge on any atom is -0.498 e. The van der Waals surface area contributed by atoms with Crippen LogP contribution in [0.4, 0.5) is 11.4 Å². The Morgan fingerprint density at radius 1 is 0.939 bits per heavy atom. The predicted molar refractivity (Wildman–Crippen MR) is 129 cm³/mol. The van der Waals surface area contributed by atoms with E-state index < -0.39 is 11.8 Å². The number of nitrogens with one attached hydrogen (secondary N) is 1. The molecule has 1 aliphatic rings. The molecule has 1 aliphatic heterocycles. The minimum atomic E-state index is -0.482. The molecule has 6 heteroatoms. The van der Waals surface area contributed by atoms with Crippen LogP contribution in [-0.4, -0.2) is 25.5 Å². The van der Waals surface area contributed by atoms with Crippen molar-refractivity contribution >= 4 is 23.2 Å². The SMILES string of the molecule is COC1=C(C(=O)Nc2ccccc2C(C)C)C(=O)N(c2cccc(Oc3ccccc3)c2)C1. The Morgan fingerprint density at radius 3 is 2.36 bits per heavy atom. The molecule has 4 rings (SSSR count). The lowest BCUT2D eigenvalue weighted by atomic mass is 10.0. The lowest BCUT2D eigenvalue weighted by Crippen LogP contribution is -2.30. The number of hydrogen-bond donors (Lipinski definition) is 1. The number of carbonyl (C=O) groups excluding carboxylic acids is 2. The Balaban J connectivity index is 1.56. The number of hydrogen-bond acceptors (Lipinski definition) is 4. The van der Waals surface area contributed by atoms with E-state index >= 15 is 0 Å². The van der Waals surface area contributed by atoms with Crippen LogP contribution < -0.4 is 15.0 Å². The number of carbonyl (C=O) groups is 2. The van der Waals surface area contributed by atoms with E-state index in [9.17, 15) is 9.59 Å². The second-order valence-corrected chi connectivity index (χ2v) is 8.00. The fraction of sp³-hybridized carbons (Fsp3) is 0.185. The zero-order chi connectivity index (χ0) is 23.4. The van der Waals surface area contributed by atoms with E-state index in [2.05, 4.69) is 19.2 Å². The van der Waals surface area contributed by atoms with Crippen molar-refractivity contribution in [1.82, 2.24) is 0 Å². The molecule has 3 aromatic carbocycles. The van der Waals surface area contributed by atoms with E-state index in [1.807, 2.05) is 66.7 Å². The maximum Gasteiger partial charge on any atom is 0.267 e. The number of benzene rings is 3. The molecule has 0 aromatic heterocycles. The first-order valence-corrected chi connectivity index (χ1v) is 10.8. The van der Waals surface area contributed by atoms with Gasteiger partial charge >= 0.3 is 0 Å². The standard InChI is InChI=1S/C27H26N2O4/c1-18(2)22-14-7-8-15-23(22)28-26(30)25-24(32-3)17-29(27(25)31)19-10-9-13-21(16-19)33-20-11-5-4-6-12-20/h4-16,18H,17H2,1-3H3,(H,28,30). The van der Waals surface area contributed by atoms with Gasteiger partial charge in [-0.05, 0) is 41.8 Å². The first-order valence-electron chi connectivity index (χ1n) is 10.8. The van der Waals surface area contributed by atoms with E-state index in [1.54, 1.807) is 12.1 Å². The summed E-state index contributed by atoms with van der Waals surface area (Å²) in [4.78, 5) is 27.9. The van der Waals surface area contributed by atoms with Gasteiger partial charge in [-0.15, -0.1) is 0 Å². The Hall–Kier alpha value is -4.06. The third-order valence-corrected chi connectivity index (χ3v) is 5.45. The number of methoxy groups -OCH3 is 1. The smallest absolute Gasteiger partial charge is 0.267 e. The van der Waals surface area contributed by atoms with Crippen molar-refractivity contribution in [1.29, 1.82) is 0 Å². The molecule has 0 unspecified atom stereocenters. The molecule has 33 heavy (non-hydrogen) atoms. The van der Waals surface area contributed by atoms with Crippen LogP contribution in [0.3, 0.4) is 0 Å². The van der Waals surface area contributed by atoms with Gasteiger partial charge in [-0.1, -0.05) is 56.3 Å². The molecule has 0 atom stereocenters. The van der Waals surface area contributed by atoms with Crippen molar-refractivity contribution in [3.05, 3.63) is 95.8 Å². The number of ether oxygens (including phenoxy) is 2. The van der Waals surface area contributed by atoms with Crippen molar-refractivity contribution < 1.29 is 19.1 Å². The van der Waals surface area contributed by atoms with E-state index in [0.717, 1.165) is 5.56 Å². The van der Waals surface area contributed by atoms with Crippen molar-refractivity contribution in [2.24, 2.45) is 0 Å². The summed E-state index contributed by atoms with van der Waals surface area (Å²) in [5.41, 5.74) is 2.31.